The second-order valence-electron chi connectivity index (χ2n) is 4.25. The number of benzene rings is 1. The maximum absolute atomic E-state index is 10.6. The molecule has 5 heteroatoms. The summed E-state index contributed by atoms with van der Waals surface area (Å²) in [6.07, 6.45) is 4.25. The van der Waals surface area contributed by atoms with Crippen molar-refractivity contribution in [3.05, 3.63) is 56.5 Å². The predicted octanol–water partition coefficient (Wildman–Crippen LogP) is 4.05. The highest BCUT2D eigenvalue weighted by Gasteiger charge is 2.08. The van der Waals surface area contributed by atoms with Crippen LogP contribution in [0.4, 0.5) is 0 Å². The third-order valence-corrected chi connectivity index (χ3v) is 4.03. The molecule has 0 aliphatic carbocycles. The molecule has 1 heterocycles. The molecule has 0 spiro atoms. The summed E-state index contributed by atoms with van der Waals surface area (Å²) < 4.78 is 0. The lowest BCUT2D eigenvalue weighted by molar-refractivity contribution is -0.131. The molecule has 0 atom stereocenters. The van der Waals surface area contributed by atoms with E-state index in [1.165, 1.54) is 11.3 Å². The Kier molecular flexibility index (Phi) is 4.93. The molecule has 104 valence electrons. The highest BCUT2D eigenvalue weighted by atomic mass is 35.5. The fraction of sp³-hybridized carbons (Fsp3) is 0.200. The van der Waals surface area contributed by atoms with E-state index in [1.54, 1.807) is 6.08 Å². The Balaban J connectivity index is 2.23. The molecule has 0 fully saturated rings. The first kappa shape index (κ1) is 14.8. The normalized spacial score (nSPS) is 11.1. The number of carboxylic acid groups (broad SMARTS) is 1. The topological polar surface area (TPSA) is 50.2 Å². The molecule has 0 saturated heterocycles. The SMILES string of the molecule is CCc1nc(Cc2cccc(Cl)c2)sc1/C=C/C(=O)O. The molecule has 2 rings (SSSR count). The third-order valence-electron chi connectivity index (χ3n) is 2.73. The number of aliphatic carboxylic acids is 1. The molecule has 3 nitrogen and oxygen atoms in total. The largest absolute Gasteiger partial charge is 0.478 e. The van der Waals surface area contributed by atoms with Crippen molar-refractivity contribution in [1.29, 1.82) is 0 Å². The van der Waals surface area contributed by atoms with Gasteiger partial charge < -0.3 is 5.11 Å². The number of carboxylic acids is 1. The lowest BCUT2D eigenvalue weighted by Gasteiger charge is -1.98. The first-order valence-electron chi connectivity index (χ1n) is 6.22. The first-order chi connectivity index (χ1) is 9.58. The monoisotopic (exact) mass is 307 g/mol. The van der Waals surface area contributed by atoms with Crippen LogP contribution in [0.2, 0.25) is 5.02 Å². The van der Waals surface area contributed by atoms with Gasteiger partial charge in [0.25, 0.3) is 0 Å². The molecule has 1 N–H and O–H groups in total. The Labute approximate surface area is 126 Å². The minimum absolute atomic E-state index is 0.707. The Bertz CT molecular complexity index is 649. The van der Waals surface area contributed by atoms with Crippen molar-refractivity contribution < 1.29 is 9.90 Å². The zero-order chi connectivity index (χ0) is 14.5. The summed E-state index contributed by atoms with van der Waals surface area (Å²) in [6.45, 7) is 2.01. The number of aryl methyl sites for hydroxylation is 1. The standard InChI is InChI=1S/C15H14ClNO2S/c1-2-12-13(6-7-15(18)19)20-14(17-12)9-10-4-3-5-11(16)8-10/h3-8H,2,9H2,1H3,(H,18,19)/b7-6+. The number of rotatable bonds is 5. The Morgan fingerprint density at radius 2 is 2.30 bits per heavy atom. The fourth-order valence-electron chi connectivity index (χ4n) is 1.84. The van der Waals surface area contributed by atoms with Gasteiger partial charge in [-0.2, -0.15) is 0 Å². The summed E-state index contributed by atoms with van der Waals surface area (Å²) in [6, 6.07) is 7.68. The van der Waals surface area contributed by atoms with E-state index < -0.39 is 5.97 Å². The fourth-order valence-corrected chi connectivity index (χ4v) is 3.15. The van der Waals surface area contributed by atoms with E-state index in [9.17, 15) is 4.79 Å². The molecule has 0 radical (unpaired) electrons. The molecule has 1 aromatic carbocycles. The van der Waals surface area contributed by atoms with Crippen LogP contribution >= 0.6 is 22.9 Å². The van der Waals surface area contributed by atoms with E-state index in [2.05, 4.69) is 4.98 Å². The molecular weight excluding hydrogens is 294 g/mol. The van der Waals surface area contributed by atoms with E-state index in [-0.39, 0.29) is 0 Å². The molecule has 0 amide bonds. The highest BCUT2D eigenvalue weighted by Crippen LogP contribution is 2.24. The number of aromatic nitrogens is 1. The van der Waals surface area contributed by atoms with Crippen LogP contribution in [0.3, 0.4) is 0 Å². The van der Waals surface area contributed by atoms with Gasteiger partial charge in [0, 0.05) is 17.5 Å². The average Bonchev–Trinajstić information content (AvgIpc) is 2.78. The van der Waals surface area contributed by atoms with Crippen molar-refractivity contribution >= 4 is 35.0 Å². The molecule has 0 aliphatic rings. The minimum atomic E-state index is -0.947. The maximum atomic E-state index is 10.6. The van der Waals surface area contributed by atoms with E-state index in [0.29, 0.717) is 11.4 Å². The van der Waals surface area contributed by atoms with Crippen LogP contribution in [0, 0.1) is 0 Å². The van der Waals surface area contributed by atoms with Crippen molar-refractivity contribution in [2.45, 2.75) is 19.8 Å². The van der Waals surface area contributed by atoms with Crippen LogP contribution in [-0.4, -0.2) is 16.1 Å². The molecular formula is C15H14ClNO2S. The van der Waals surface area contributed by atoms with E-state index in [1.807, 2.05) is 31.2 Å². The van der Waals surface area contributed by atoms with Gasteiger partial charge in [0.2, 0.25) is 0 Å². The van der Waals surface area contributed by atoms with Crippen molar-refractivity contribution in [3.8, 4) is 0 Å². The number of hydrogen-bond donors (Lipinski definition) is 1. The highest BCUT2D eigenvalue weighted by molar-refractivity contribution is 7.12. The van der Waals surface area contributed by atoms with Crippen LogP contribution in [-0.2, 0) is 17.6 Å². The zero-order valence-corrected chi connectivity index (χ0v) is 12.5. The van der Waals surface area contributed by atoms with Gasteiger partial charge in [-0.3, -0.25) is 0 Å². The van der Waals surface area contributed by atoms with Gasteiger partial charge >= 0.3 is 5.97 Å². The predicted molar refractivity (Wildman–Crippen MR) is 82.4 cm³/mol. The zero-order valence-electron chi connectivity index (χ0n) is 11.0. The van der Waals surface area contributed by atoms with Crippen LogP contribution in [0.25, 0.3) is 6.08 Å². The lowest BCUT2D eigenvalue weighted by Crippen LogP contribution is -1.89. The quantitative estimate of drug-likeness (QED) is 0.848. The smallest absolute Gasteiger partial charge is 0.328 e. The van der Waals surface area contributed by atoms with Gasteiger partial charge in [-0.1, -0.05) is 30.7 Å². The van der Waals surface area contributed by atoms with E-state index in [0.717, 1.165) is 33.6 Å². The van der Waals surface area contributed by atoms with E-state index in [4.69, 9.17) is 16.7 Å². The van der Waals surface area contributed by atoms with Gasteiger partial charge in [0.05, 0.1) is 15.6 Å². The summed E-state index contributed by atoms with van der Waals surface area (Å²) in [5.74, 6) is -0.947. The Morgan fingerprint density at radius 3 is 2.95 bits per heavy atom. The van der Waals surface area contributed by atoms with Gasteiger partial charge in [-0.25, -0.2) is 9.78 Å². The van der Waals surface area contributed by atoms with Crippen LogP contribution in [0.15, 0.2) is 30.3 Å². The maximum Gasteiger partial charge on any atom is 0.328 e. The molecule has 1 aromatic heterocycles. The molecule has 0 saturated carbocycles. The summed E-state index contributed by atoms with van der Waals surface area (Å²) >= 11 is 7.49. The van der Waals surface area contributed by atoms with Crippen molar-refractivity contribution in [2.24, 2.45) is 0 Å². The summed E-state index contributed by atoms with van der Waals surface area (Å²) in [7, 11) is 0. The van der Waals surface area contributed by atoms with Gasteiger partial charge in [-0.15, -0.1) is 11.3 Å². The number of carbonyl (C=O) groups is 1. The van der Waals surface area contributed by atoms with Crippen molar-refractivity contribution in [2.75, 3.05) is 0 Å². The van der Waals surface area contributed by atoms with E-state index >= 15 is 0 Å². The Morgan fingerprint density at radius 1 is 1.50 bits per heavy atom. The number of halogens is 1. The molecule has 0 bridgehead atoms. The van der Waals surface area contributed by atoms with Gasteiger partial charge in [0.1, 0.15) is 0 Å². The third kappa shape index (κ3) is 3.92. The second-order valence-corrected chi connectivity index (χ2v) is 5.80. The van der Waals surface area contributed by atoms with Crippen LogP contribution < -0.4 is 0 Å². The number of thiazole rings is 1. The van der Waals surface area contributed by atoms with Crippen molar-refractivity contribution in [1.82, 2.24) is 4.98 Å². The summed E-state index contributed by atoms with van der Waals surface area (Å²) in [5, 5.41) is 10.4. The van der Waals surface area contributed by atoms with Gasteiger partial charge in [-0.05, 0) is 30.2 Å². The lowest BCUT2D eigenvalue weighted by atomic mass is 10.2. The number of hydrogen-bond acceptors (Lipinski definition) is 3. The van der Waals surface area contributed by atoms with Crippen LogP contribution in [0.1, 0.15) is 28.1 Å². The Hall–Kier alpha value is -1.65. The molecule has 0 unspecified atom stereocenters. The summed E-state index contributed by atoms with van der Waals surface area (Å²) in [5.41, 5.74) is 2.03. The first-order valence-corrected chi connectivity index (χ1v) is 7.42. The van der Waals surface area contributed by atoms with Crippen LogP contribution in [0.5, 0.6) is 0 Å². The van der Waals surface area contributed by atoms with Crippen molar-refractivity contribution in [3.63, 3.8) is 0 Å². The molecule has 0 aliphatic heterocycles. The second kappa shape index (κ2) is 6.68. The van der Waals surface area contributed by atoms with Gasteiger partial charge in [0.15, 0.2) is 0 Å². The summed E-state index contributed by atoms with van der Waals surface area (Å²) in [4.78, 5) is 16.1. The number of nitrogens with zero attached hydrogens (tertiary/aromatic N) is 1. The minimum Gasteiger partial charge on any atom is -0.478 e. The molecule has 2 aromatic rings. The molecule has 20 heavy (non-hydrogen) atoms. The average molecular weight is 308 g/mol.